The zero-order valence-electron chi connectivity index (χ0n) is 30.4. The normalized spacial score (nSPS) is 17.5. The number of aliphatic imine (C=N–C) groups is 2. The van der Waals surface area contributed by atoms with Gasteiger partial charge in [-0.25, -0.2) is 9.98 Å². The van der Waals surface area contributed by atoms with E-state index < -0.39 is 11.6 Å². The molecule has 0 amide bonds. The topological polar surface area (TPSA) is 41.7 Å². The van der Waals surface area contributed by atoms with Gasteiger partial charge in [-0.1, -0.05) is 176 Å². The number of aromatic nitrogens is 1. The number of para-hydroxylation sites is 3. The average molecular weight is 715 g/mol. The Morgan fingerprint density at radius 1 is 0.446 bits per heavy atom. The number of nitrogens with zero attached hydrogens (tertiary/aromatic N) is 3. The zero-order valence-corrected chi connectivity index (χ0v) is 30.4. The van der Waals surface area contributed by atoms with E-state index in [2.05, 4.69) is 192 Å². The lowest BCUT2D eigenvalue weighted by atomic mass is 9.65. The minimum atomic E-state index is -0.583. The molecule has 4 nitrogen and oxygen atoms in total. The molecule has 0 radical (unpaired) electrons. The monoisotopic (exact) mass is 714 g/mol. The summed E-state index contributed by atoms with van der Waals surface area (Å²) in [7, 11) is 0. The molecule has 3 heterocycles. The lowest BCUT2D eigenvalue weighted by Gasteiger charge is -2.39. The number of benzene rings is 8. The van der Waals surface area contributed by atoms with Crippen LogP contribution in [0, 0.1) is 0 Å². The summed E-state index contributed by atoms with van der Waals surface area (Å²) in [4.78, 5) is 10.6. The molecule has 56 heavy (non-hydrogen) atoms. The van der Waals surface area contributed by atoms with Crippen LogP contribution >= 0.6 is 0 Å². The third-order valence-corrected chi connectivity index (χ3v) is 12.1. The Morgan fingerprint density at radius 3 is 1.93 bits per heavy atom. The molecule has 9 aromatic rings. The van der Waals surface area contributed by atoms with E-state index in [-0.39, 0.29) is 0 Å². The third-order valence-electron chi connectivity index (χ3n) is 12.1. The number of rotatable bonds is 4. The first-order valence-electron chi connectivity index (χ1n) is 19.3. The molecule has 1 aromatic heterocycles. The maximum absolute atomic E-state index is 5.42. The minimum absolute atomic E-state index is 0.399. The Hall–Kier alpha value is -7.30. The molecule has 1 spiro atoms. The summed E-state index contributed by atoms with van der Waals surface area (Å²) in [6, 6.07) is 70.3. The highest BCUT2D eigenvalue weighted by atomic mass is 15.2. The average Bonchev–Trinajstić information content (AvgIpc) is 3.77. The highest BCUT2D eigenvalue weighted by Gasteiger charge is 2.51. The largest absolute Gasteiger partial charge is 0.324 e. The van der Waals surface area contributed by atoms with Gasteiger partial charge in [0.25, 0.3) is 0 Å². The van der Waals surface area contributed by atoms with Gasteiger partial charge in [0, 0.05) is 21.9 Å². The van der Waals surface area contributed by atoms with Gasteiger partial charge in [0.05, 0.1) is 22.1 Å². The SMILES string of the molecule is c1ccc(C2=NC(c3ccccc3)N=C(c3cccc4c3-c3cc(-c5ccccc5)ccc3C43c4ccccc4-n4c5ccccc5c5cccc3c54)N2)cc1. The molecule has 1 aliphatic carbocycles. The number of hydrogen-bond acceptors (Lipinski definition) is 3. The van der Waals surface area contributed by atoms with Crippen LogP contribution < -0.4 is 5.32 Å². The third kappa shape index (κ3) is 4.24. The molecule has 4 heteroatoms. The number of amidine groups is 2. The standard InChI is InChI=1S/C52H34N4/c1-4-16-33(17-5-1)36-30-31-41-40(32-36)47-39(51-54-49(34-18-6-2-7-19-34)53-50(55-51)35-20-8-3-9-21-35)24-15-26-43(47)52(41)42-25-11-13-29-46(42)56-45-28-12-10-22-37(45)38-23-14-27-44(52)48(38)56/h1-32,49H,(H,53,54,55). The molecule has 1 N–H and O–H groups in total. The van der Waals surface area contributed by atoms with E-state index in [1.54, 1.807) is 0 Å². The van der Waals surface area contributed by atoms with E-state index >= 15 is 0 Å². The number of fused-ring (bicyclic) bond motifs is 12. The van der Waals surface area contributed by atoms with Crippen LogP contribution in [0.25, 0.3) is 49.7 Å². The maximum Gasteiger partial charge on any atom is 0.169 e. The molecule has 3 aliphatic rings. The molecule has 0 bridgehead atoms. The fourth-order valence-corrected chi connectivity index (χ4v) is 9.77. The fraction of sp³-hybridized carbons (Fsp3) is 0.0385. The second-order valence-corrected chi connectivity index (χ2v) is 14.9. The second-order valence-electron chi connectivity index (χ2n) is 14.9. The van der Waals surface area contributed by atoms with E-state index in [1.807, 2.05) is 12.1 Å². The molecule has 262 valence electrons. The molecular formula is C52H34N4. The van der Waals surface area contributed by atoms with Gasteiger partial charge < -0.3 is 9.88 Å². The van der Waals surface area contributed by atoms with E-state index in [4.69, 9.17) is 9.98 Å². The van der Waals surface area contributed by atoms with Gasteiger partial charge in [0.15, 0.2) is 6.17 Å². The highest BCUT2D eigenvalue weighted by Crippen LogP contribution is 2.62. The van der Waals surface area contributed by atoms with Gasteiger partial charge in [-0.05, 0) is 68.3 Å². The molecule has 0 fully saturated rings. The Morgan fingerprint density at radius 2 is 1.09 bits per heavy atom. The summed E-state index contributed by atoms with van der Waals surface area (Å²) >= 11 is 0. The molecule has 2 unspecified atom stereocenters. The molecule has 12 rings (SSSR count). The van der Waals surface area contributed by atoms with Crippen molar-refractivity contribution in [3.63, 3.8) is 0 Å². The molecular weight excluding hydrogens is 681 g/mol. The summed E-state index contributed by atoms with van der Waals surface area (Å²) in [6.45, 7) is 0. The van der Waals surface area contributed by atoms with Crippen molar-refractivity contribution in [2.45, 2.75) is 11.6 Å². The minimum Gasteiger partial charge on any atom is -0.324 e. The van der Waals surface area contributed by atoms with Crippen molar-refractivity contribution in [3.05, 3.63) is 233 Å². The summed E-state index contributed by atoms with van der Waals surface area (Å²) in [6.07, 6.45) is -0.399. The van der Waals surface area contributed by atoms with Crippen LogP contribution in [-0.4, -0.2) is 16.2 Å². The van der Waals surface area contributed by atoms with Crippen molar-refractivity contribution < 1.29 is 0 Å². The van der Waals surface area contributed by atoms with Gasteiger partial charge in [-0.3, -0.25) is 0 Å². The maximum atomic E-state index is 5.42. The quantitative estimate of drug-likeness (QED) is 0.194. The summed E-state index contributed by atoms with van der Waals surface area (Å²) in [5.74, 6) is 1.62. The van der Waals surface area contributed by atoms with E-state index in [1.165, 1.54) is 72.0 Å². The van der Waals surface area contributed by atoms with Crippen LogP contribution in [0.1, 0.15) is 45.1 Å². The molecule has 0 saturated heterocycles. The molecule has 8 aromatic carbocycles. The molecule has 2 atom stereocenters. The van der Waals surface area contributed by atoms with Crippen molar-refractivity contribution in [1.82, 2.24) is 9.88 Å². The van der Waals surface area contributed by atoms with Gasteiger partial charge in [0.2, 0.25) is 0 Å². The Balaban J connectivity index is 1.19. The lowest BCUT2D eigenvalue weighted by Crippen LogP contribution is -2.36. The Bertz CT molecular complexity index is 3100. The van der Waals surface area contributed by atoms with E-state index in [0.29, 0.717) is 0 Å². The number of nitrogens with one attached hydrogen (secondary N) is 1. The van der Waals surface area contributed by atoms with Crippen LogP contribution in [0.3, 0.4) is 0 Å². The van der Waals surface area contributed by atoms with Crippen molar-refractivity contribution in [1.29, 1.82) is 0 Å². The predicted molar refractivity (Wildman–Crippen MR) is 229 cm³/mol. The van der Waals surface area contributed by atoms with Crippen molar-refractivity contribution >= 4 is 33.5 Å². The van der Waals surface area contributed by atoms with Crippen LogP contribution in [0.15, 0.2) is 204 Å². The van der Waals surface area contributed by atoms with Gasteiger partial charge in [0.1, 0.15) is 11.7 Å². The van der Waals surface area contributed by atoms with Crippen LogP contribution in [0.5, 0.6) is 0 Å². The Labute approximate surface area is 324 Å². The molecule has 0 saturated carbocycles. The summed E-state index contributed by atoms with van der Waals surface area (Å²) in [5.41, 5.74) is 16.2. The van der Waals surface area contributed by atoms with Gasteiger partial charge >= 0.3 is 0 Å². The van der Waals surface area contributed by atoms with Crippen LogP contribution in [0.4, 0.5) is 0 Å². The zero-order chi connectivity index (χ0) is 36.8. The second kappa shape index (κ2) is 11.8. The van der Waals surface area contributed by atoms with Crippen molar-refractivity contribution in [3.8, 4) is 27.9 Å². The highest BCUT2D eigenvalue weighted by molar-refractivity contribution is 6.19. The van der Waals surface area contributed by atoms with Crippen molar-refractivity contribution in [2.75, 3.05) is 0 Å². The predicted octanol–water partition coefficient (Wildman–Crippen LogP) is 11.6. The van der Waals surface area contributed by atoms with Crippen molar-refractivity contribution in [2.24, 2.45) is 9.98 Å². The van der Waals surface area contributed by atoms with E-state index in [9.17, 15) is 0 Å². The molecule has 2 aliphatic heterocycles. The van der Waals surface area contributed by atoms with E-state index in [0.717, 1.165) is 28.4 Å². The first-order valence-corrected chi connectivity index (χ1v) is 19.3. The van der Waals surface area contributed by atoms with Crippen LogP contribution in [-0.2, 0) is 5.41 Å². The first-order chi connectivity index (χ1) is 27.8. The van der Waals surface area contributed by atoms with Crippen LogP contribution in [0.2, 0.25) is 0 Å². The van der Waals surface area contributed by atoms with Gasteiger partial charge in [-0.15, -0.1) is 0 Å². The van der Waals surface area contributed by atoms with Gasteiger partial charge in [-0.2, -0.15) is 0 Å². The summed E-state index contributed by atoms with van der Waals surface area (Å²) in [5, 5.41) is 6.29. The Kier molecular flexibility index (Phi) is 6.58. The smallest absolute Gasteiger partial charge is 0.169 e. The lowest BCUT2D eigenvalue weighted by molar-refractivity contribution is 0.747. The fourth-order valence-electron chi connectivity index (χ4n) is 9.77. The number of hydrogen-bond donors (Lipinski definition) is 1. The summed E-state index contributed by atoms with van der Waals surface area (Å²) < 4.78 is 2.50. The first kappa shape index (κ1) is 31.1.